The number of nitrogens with zero attached hydrogens (tertiary/aromatic N) is 2. The van der Waals surface area contributed by atoms with E-state index in [1.54, 1.807) is 0 Å². The van der Waals surface area contributed by atoms with Gasteiger partial charge >= 0.3 is 12.4 Å². The summed E-state index contributed by atoms with van der Waals surface area (Å²) in [5.41, 5.74) is -0.976. The predicted molar refractivity (Wildman–Crippen MR) is 116 cm³/mol. The van der Waals surface area contributed by atoms with Crippen molar-refractivity contribution >= 4 is 22.4 Å². The molecule has 1 amide bonds. The lowest BCUT2D eigenvalue weighted by Crippen LogP contribution is -2.44. The molecular weight excluding hydrogens is 482 g/mol. The zero-order valence-corrected chi connectivity index (χ0v) is 18.8. The summed E-state index contributed by atoms with van der Waals surface area (Å²) in [7, 11) is 0. The van der Waals surface area contributed by atoms with Crippen molar-refractivity contribution in [2.24, 2.45) is 0 Å². The smallest absolute Gasteiger partial charge is 0.372 e. The second-order valence-electron chi connectivity index (χ2n) is 8.20. The Balaban J connectivity index is 1.52. The molecule has 1 saturated heterocycles. The lowest BCUT2D eigenvalue weighted by Gasteiger charge is -2.35. The number of allylic oxidation sites excluding steroid dienone is 1. The fraction of sp³-hybridized carbons (Fsp3) is 0.455. The number of alkyl halides is 6. The van der Waals surface area contributed by atoms with Crippen molar-refractivity contribution in [1.29, 1.82) is 0 Å². The highest BCUT2D eigenvalue weighted by atomic mass is 32.1. The number of halogens is 6. The summed E-state index contributed by atoms with van der Waals surface area (Å²) in [6.07, 6.45) is -6.77. The largest absolute Gasteiger partial charge is 0.416 e. The van der Waals surface area contributed by atoms with Gasteiger partial charge in [0.2, 0.25) is 5.91 Å². The van der Waals surface area contributed by atoms with Gasteiger partial charge in [0.15, 0.2) is 5.13 Å². The van der Waals surface area contributed by atoms with Gasteiger partial charge in [-0.25, -0.2) is 4.98 Å². The molecule has 5 nitrogen and oxygen atoms in total. The van der Waals surface area contributed by atoms with Crippen molar-refractivity contribution in [3.05, 3.63) is 46.0 Å². The molecule has 12 heteroatoms. The molecule has 1 aromatic heterocycles. The van der Waals surface area contributed by atoms with Crippen LogP contribution in [-0.2, 0) is 17.1 Å². The topological polar surface area (TPSA) is 57.3 Å². The van der Waals surface area contributed by atoms with E-state index in [4.69, 9.17) is 0 Å². The number of carbonyl (C=O) groups excluding carboxylic acids is 1. The lowest BCUT2D eigenvalue weighted by atomic mass is 9.89. The van der Waals surface area contributed by atoms with E-state index in [9.17, 15) is 31.1 Å². The number of hydrogen-bond donors (Lipinski definition) is 2. The molecule has 2 fully saturated rings. The van der Waals surface area contributed by atoms with Crippen molar-refractivity contribution in [3.8, 4) is 11.3 Å². The van der Waals surface area contributed by atoms with Gasteiger partial charge in [-0.05, 0) is 37.5 Å². The predicted octanol–water partition coefficient (Wildman–Crippen LogP) is 5.52. The van der Waals surface area contributed by atoms with Crippen molar-refractivity contribution in [2.75, 3.05) is 31.5 Å². The third-order valence-electron chi connectivity index (χ3n) is 5.83. The third-order valence-corrected chi connectivity index (χ3v) is 6.58. The van der Waals surface area contributed by atoms with E-state index in [-0.39, 0.29) is 34.8 Å². The number of amides is 1. The summed E-state index contributed by atoms with van der Waals surface area (Å²) < 4.78 is 78.9. The van der Waals surface area contributed by atoms with Gasteiger partial charge in [0.05, 0.1) is 23.2 Å². The van der Waals surface area contributed by atoms with Crippen LogP contribution in [0.1, 0.15) is 36.8 Å². The van der Waals surface area contributed by atoms with Crippen LogP contribution in [0.5, 0.6) is 0 Å². The second kappa shape index (κ2) is 9.57. The van der Waals surface area contributed by atoms with Crippen LogP contribution in [0, 0.1) is 0 Å². The quantitative estimate of drug-likeness (QED) is 0.527. The summed E-state index contributed by atoms with van der Waals surface area (Å²) in [5, 5.41) is 7.35. The number of benzene rings is 1. The van der Waals surface area contributed by atoms with Crippen LogP contribution in [0.15, 0.2) is 34.8 Å². The molecule has 2 N–H and O–H groups in total. The number of nitrogens with one attached hydrogen (secondary N) is 2. The highest BCUT2D eigenvalue weighted by molar-refractivity contribution is 7.14. The number of hydrogen-bond acceptors (Lipinski definition) is 5. The Kier molecular flexibility index (Phi) is 6.90. The Morgan fingerprint density at radius 3 is 2.18 bits per heavy atom. The van der Waals surface area contributed by atoms with Gasteiger partial charge in [-0.3, -0.25) is 4.79 Å². The summed E-state index contributed by atoms with van der Waals surface area (Å²) in [5.74, 6) is -0.325. The second-order valence-corrected chi connectivity index (χ2v) is 9.06. The van der Waals surface area contributed by atoms with Crippen molar-refractivity contribution in [1.82, 2.24) is 15.2 Å². The summed E-state index contributed by atoms with van der Waals surface area (Å²) >= 11 is 0.945. The molecule has 4 rings (SSSR count). The van der Waals surface area contributed by atoms with Crippen molar-refractivity contribution in [3.63, 3.8) is 0 Å². The number of thiazole rings is 1. The molecule has 0 bridgehead atoms. The van der Waals surface area contributed by atoms with Gasteiger partial charge in [-0.2, -0.15) is 26.3 Å². The Morgan fingerprint density at radius 2 is 1.65 bits per heavy atom. The number of rotatable bonds is 5. The van der Waals surface area contributed by atoms with Crippen LogP contribution in [0.25, 0.3) is 11.3 Å². The number of carbonyl (C=O) groups is 1. The summed E-state index contributed by atoms with van der Waals surface area (Å²) in [6, 6.07) is 1.32. The molecule has 1 saturated carbocycles. The van der Waals surface area contributed by atoms with Gasteiger partial charge in [0, 0.05) is 42.8 Å². The van der Waals surface area contributed by atoms with Gasteiger partial charge in [-0.1, -0.05) is 5.57 Å². The molecule has 0 spiro atoms. The maximum Gasteiger partial charge on any atom is 0.416 e. The molecule has 2 aromatic rings. The van der Waals surface area contributed by atoms with E-state index in [0.717, 1.165) is 62.5 Å². The first-order valence-corrected chi connectivity index (χ1v) is 11.6. The van der Waals surface area contributed by atoms with E-state index >= 15 is 0 Å². The minimum absolute atomic E-state index is 0.0726. The highest BCUT2D eigenvalue weighted by Gasteiger charge is 2.37. The molecule has 0 atom stereocenters. The first kappa shape index (κ1) is 24.5. The fourth-order valence-electron chi connectivity index (χ4n) is 3.92. The first-order chi connectivity index (χ1) is 16.0. The Morgan fingerprint density at radius 1 is 1.03 bits per heavy atom. The molecule has 2 aliphatic rings. The zero-order chi connectivity index (χ0) is 24.5. The maximum absolute atomic E-state index is 13.1. The van der Waals surface area contributed by atoms with Crippen LogP contribution >= 0.6 is 11.3 Å². The van der Waals surface area contributed by atoms with Crippen LogP contribution in [0.4, 0.5) is 31.5 Å². The van der Waals surface area contributed by atoms with Crippen LogP contribution < -0.4 is 10.6 Å². The van der Waals surface area contributed by atoms with Gasteiger partial charge < -0.3 is 15.5 Å². The van der Waals surface area contributed by atoms with E-state index in [0.29, 0.717) is 12.1 Å². The maximum atomic E-state index is 13.1. The molecule has 0 unspecified atom stereocenters. The average Bonchev–Trinajstić information content (AvgIpc) is 3.19. The molecule has 0 radical (unpaired) electrons. The first-order valence-electron chi connectivity index (χ1n) is 10.7. The molecular formula is C22H22F6N4OS. The molecule has 34 heavy (non-hydrogen) atoms. The number of piperazine rings is 1. The van der Waals surface area contributed by atoms with E-state index < -0.39 is 23.5 Å². The van der Waals surface area contributed by atoms with Gasteiger partial charge in [0.1, 0.15) is 0 Å². The van der Waals surface area contributed by atoms with Crippen LogP contribution in [-0.4, -0.2) is 42.0 Å². The van der Waals surface area contributed by atoms with Crippen molar-refractivity contribution in [2.45, 2.75) is 38.0 Å². The van der Waals surface area contributed by atoms with Crippen LogP contribution in [0.2, 0.25) is 0 Å². The SMILES string of the molecule is O=C(CC(=C1CCC1)N1CCNCC1)Nc1nc(-c2cc(C(F)(F)F)cc(C(F)(F)F)c2)cs1. The minimum Gasteiger partial charge on any atom is -0.372 e. The third kappa shape index (κ3) is 5.72. The molecule has 1 aliphatic carbocycles. The van der Waals surface area contributed by atoms with E-state index in [1.165, 1.54) is 11.0 Å². The average molecular weight is 505 g/mol. The Labute approximate surface area is 195 Å². The molecule has 2 heterocycles. The summed E-state index contributed by atoms with van der Waals surface area (Å²) in [6.45, 7) is 3.24. The number of anilines is 1. The van der Waals surface area contributed by atoms with Gasteiger partial charge in [-0.15, -0.1) is 11.3 Å². The monoisotopic (exact) mass is 504 g/mol. The Hall–Kier alpha value is -2.60. The molecule has 184 valence electrons. The van der Waals surface area contributed by atoms with E-state index in [1.807, 2.05) is 0 Å². The fourth-order valence-corrected chi connectivity index (χ4v) is 4.66. The summed E-state index contributed by atoms with van der Waals surface area (Å²) in [4.78, 5) is 19.0. The lowest BCUT2D eigenvalue weighted by molar-refractivity contribution is -0.143. The standard InChI is InChI=1S/C22H22F6N4OS/c23-21(24,25)15-8-14(9-16(10-15)22(26,27)28)17-12-34-20(30-17)31-19(33)11-18(13-2-1-3-13)32-6-4-29-5-7-32/h8-10,12,29H,1-7,11H2,(H,30,31,33). The zero-order valence-electron chi connectivity index (χ0n) is 17.9. The van der Waals surface area contributed by atoms with Gasteiger partial charge in [0.25, 0.3) is 0 Å². The normalized spacial score (nSPS) is 16.9. The highest BCUT2D eigenvalue weighted by Crippen LogP contribution is 2.39. The molecule has 1 aromatic carbocycles. The Bertz CT molecular complexity index is 1050. The van der Waals surface area contributed by atoms with Crippen molar-refractivity contribution < 1.29 is 31.1 Å². The molecule has 1 aliphatic heterocycles. The van der Waals surface area contributed by atoms with Crippen LogP contribution in [0.3, 0.4) is 0 Å². The number of aromatic nitrogens is 1. The van der Waals surface area contributed by atoms with E-state index in [2.05, 4.69) is 20.5 Å². The minimum atomic E-state index is -4.95.